The van der Waals surface area contributed by atoms with Crippen LogP contribution in [0.4, 0.5) is 10.1 Å². The van der Waals surface area contributed by atoms with Crippen molar-refractivity contribution in [1.82, 2.24) is 0 Å². The zero-order valence-electron chi connectivity index (χ0n) is 11.1. The summed E-state index contributed by atoms with van der Waals surface area (Å²) in [5.74, 6) is -0.0450. The third kappa shape index (κ3) is 4.19. The number of benzene rings is 2. The van der Waals surface area contributed by atoms with Gasteiger partial charge in [-0.3, -0.25) is 4.79 Å². The van der Waals surface area contributed by atoms with Gasteiger partial charge in [-0.15, -0.1) is 0 Å². The van der Waals surface area contributed by atoms with Gasteiger partial charge >= 0.3 is 0 Å². The zero-order chi connectivity index (χ0) is 15.4. The summed E-state index contributed by atoms with van der Waals surface area (Å²) in [5, 5.41) is 2.81. The van der Waals surface area contributed by atoms with Crippen molar-refractivity contribution in [3.05, 3.63) is 57.3 Å². The van der Waals surface area contributed by atoms with Crippen LogP contribution in [0, 0.1) is 5.82 Å². The van der Waals surface area contributed by atoms with E-state index in [2.05, 4.69) is 21.2 Å². The van der Waals surface area contributed by atoms with E-state index >= 15 is 0 Å². The molecule has 110 valence electrons. The monoisotopic (exact) mass is 371 g/mol. The standard InChI is InChI=1S/C15H12BrClFNO2/c1-21-11-4-2-3-9(5-11)6-14(20)19-15-12(16)7-10(18)8-13(15)17/h2-5,7-8H,6H2,1H3,(H,19,20). The van der Waals surface area contributed by atoms with Gasteiger partial charge in [-0.1, -0.05) is 23.7 Å². The Hall–Kier alpha value is -1.59. The van der Waals surface area contributed by atoms with Crippen molar-refractivity contribution in [3.8, 4) is 5.75 Å². The Balaban J connectivity index is 2.12. The molecule has 6 heteroatoms. The van der Waals surface area contributed by atoms with Gasteiger partial charge < -0.3 is 10.1 Å². The van der Waals surface area contributed by atoms with Gasteiger partial charge in [0.25, 0.3) is 0 Å². The highest BCUT2D eigenvalue weighted by molar-refractivity contribution is 9.10. The van der Waals surface area contributed by atoms with Gasteiger partial charge in [0.1, 0.15) is 11.6 Å². The topological polar surface area (TPSA) is 38.3 Å². The molecule has 3 nitrogen and oxygen atoms in total. The highest BCUT2D eigenvalue weighted by Crippen LogP contribution is 2.31. The lowest BCUT2D eigenvalue weighted by Gasteiger charge is -2.10. The normalized spacial score (nSPS) is 10.3. The average molecular weight is 373 g/mol. The summed E-state index contributed by atoms with van der Waals surface area (Å²) < 4.78 is 18.6. The summed E-state index contributed by atoms with van der Waals surface area (Å²) in [7, 11) is 1.56. The first-order chi connectivity index (χ1) is 9.99. The Kier molecular flexibility index (Phi) is 5.20. The number of halogens is 3. The molecule has 0 aromatic heterocycles. The molecular weight excluding hydrogens is 361 g/mol. The molecule has 2 rings (SSSR count). The number of amides is 1. The lowest BCUT2D eigenvalue weighted by Crippen LogP contribution is -2.15. The Bertz CT molecular complexity index is 655. The van der Waals surface area contributed by atoms with Crippen molar-refractivity contribution in [2.24, 2.45) is 0 Å². The fourth-order valence-electron chi connectivity index (χ4n) is 1.81. The molecule has 21 heavy (non-hydrogen) atoms. The van der Waals surface area contributed by atoms with E-state index < -0.39 is 5.82 Å². The van der Waals surface area contributed by atoms with Crippen LogP contribution in [0.15, 0.2) is 40.9 Å². The number of hydrogen-bond donors (Lipinski definition) is 1. The van der Waals surface area contributed by atoms with E-state index in [0.717, 1.165) is 11.6 Å². The molecule has 0 unspecified atom stereocenters. The van der Waals surface area contributed by atoms with Crippen molar-refractivity contribution in [3.63, 3.8) is 0 Å². The first kappa shape index (κ1) is 15.8. The summed E-state index contributed by atoms with van der Waals surface area (Å²) in [6, 6.07) is 9.60. The highest BCUT2D eigenvalue weighted by Gasteiger charge is 2.12. The van der Waals surface area contributed by atoms with Crippen molar-refractivity contribution < 1.29 is 13.9 Å². The number of methoxy groups -OCH3 is 1. The molecule has 0 fully saturated rings. The van der Waals surface area contributed by atoms with E-state index in [1.54, 1.807) is 19.2 Å². The molecule has 0 radical (unpaired) electrons. The van der Waals surface area contributed by atoms with Gasteiger partial charge in [0, 0.05) is 4.47 Å². The lowest BCUT2D eigenvalue weighted by molar-refractivity contribution is -0.115. The molecule has 1 amide bonds. The molecule has 0 aliphatic rings. The first-order valence-corrected chi connectivity index (χ1v) is 7.24. The Labute approximate surface area is 135 Å². The van der Waals surface area contributed by atoms with Crippen LogP contribution in [0.3, 0.4) is 0 Å². The molecule has 0 saturated carbocycles. The minimum absolute atomic E-state index is 0.140. The van der Waals surface area contributed by atoms with Gasteiger partial charge in [-0.25, -0.2) is 4.39 Å². The Morgan fingerprint density at radius 3 is 2.81 bits per heavy atom. The maximum Gasteiger partial charge on any atom is 0.228 e. The average Bonchev–Trinajstić information content (AvgIpc) is 2.43. The predicted octanol–water partition coefficient (Wildman–Crippen LogP) is 4.43. The fraction of sp³-hybridized carbons (Fsp3) is 0.133. The maximum absolute atomic E-state index is 13.1. The second kappa shape index (κ2) is 6.91. The number of hydrogen-bond acceptors (Lipinski definition) is 2. The molecule has 2 aromatic carbocycles. The molecule has 0 bridgehead atoms. The molecule has 0 heterocycles. The number of carbonyl (C=O) groups is 1. The van der Waals surface area contributed by atoms with Crippen LogP contribution in [-0.2, 0) is 11.2 Å². The summed E-state index contributed by atoms with van der Waals surface area (Å²) in [4.78, 5) is 12.0. The summed E-state index contributed by atoms with van der Waals surface area (Å²) in [6.45, 7) is 0. The van der Waals surface area contributed by atoms with Crippen LogP contribution in [0.1, 0.15) is 5.56 Å². The van der Waals surface area contributed by atoms with E-state index in [0.29, 0.717) is 15.9 Å². The molecule has 0 atom stereocenters. The predicted molar refractivity (Wildman–Crippen MR) is 84.4 cm³/mol. The van der Waals surface area contributed by atoms with Gasteiger partial charge in [0.2, 0.25) is 5.91 Å². The molecule has 1 N–H and O–H groups in total. The highest BCUT2D eigenvalue weighted by atomic mass is 79.9. The van der Waals surface area contributed by atoms with Crippen LogP contribution in [0.2, 0.25) is 5.02 Å². The van der Waals surface area contributed by atoms with Crippen molar-refractivity contribution >= 4 is 39.1 Å². The summed E-state index contributed by atoms with van der Waals surface area (Å²) in [5.41, 5.74) is 1.16. The van der Waals surface area contributed by atoms with Crippen LogP contribution < -0.4 is 10.1 Å². The molecular formula is C15H12BrClFNO2. The molecule has 0 spiro atoms. The van der Waals surface area contributed by atoms with E-state index in [1.807, 2.05) is 12.1 Å². The van der Waals surface area contributed by atoms with Crippen LogP contribution in [0.25, 0.3) is 0 Å². The minimum Gasteiger partial charge on any atom is -0.497 e. The third-order valence-electron chi connectivity index (χ3n) is 2.77. The largest absolute Gasteiger partial charge is 0.497 e. The van der Waals surface area contributed by atoms with E-state index in [1.165, 1.54) is 6.07 Å². The van der Waals surface area contributed by atoms with Crippen molar-refractivity contribution in [2.75, 3.05) is 12.4 Å². The quantitative estimate of drug-likeness (QED) is 0.862. The second-order valence-electron chi connectivity index (χ2n) is 4.32. The van der Waals surface area contributed by atoms with Gasteiger partial charge in [-0.2, -0.15) is 0 Å². The Morgan fingerprint density at radius 1 is 1.38 bits per heavy atom. The number of ether oxygens (including phenoxy) is 1. The number of nitrogens with one attached hydrogen (secondary N) is 1. The smallest absolute Gasteiger partial charge is 0.228 e. The Morgan fingerprint density at radius 2 is 2.14 bits per heavy atom. The lowest BCUT2D eigenvalue weighted by atomic mass is 10.1. The minimum atomic E-state index is -0.474. The third-order valence-corrected chi connectivity index (χ3v) is 3.69. The van der Waals surface area contributed by atoms with Crippen molar-refractivity contribution in [1.29, 1.82) is 0 Å². The SMILES string of the molecule is COc1cccc(CC(=O)Nc2c(Cl)cc(F)cc2Br)c1. The first-order valence-electron chi connectivity index (χ1n) is 6.07. The summed E-state index contributed by atoms with van der Waals surface area (Å²) >= 11 is 9.10. The van der Waals surface area contributed by atoms with Gasteiger partial charge in [-0.05, 0) is 45.8 Å². The molecule has 0 aliphatic carbocycles. The fourth-order valence-corrected chi connectivity index (χ4v) is 2.71. The van der Waals surface area contributed by atoms with Gasteiger partial charge in [0.05, 0.1) is 24.2 Å². The molecule has 0 aliphatic heterocycles. The van der Waals surface area contributed by atoms with E-state index in [-0.39, 0.29) is 17.4 Å². The maximum atomic E-state index is 13.1. The number of rotatable bonds is 4. The van der Waals surface area contributed by atoms with Crippen LogP contribution >= 0.6 is 27.5 Å². The van der Waals surface area contributed by atoms with E-state index in [4.69, 9.17) is 16.3 Å². The van der Waals surface area contributed by atoms with E-state index in [9.17, 15) is 9.18 Å². The molecule has 0 saturated heterocycles. The van der Waals surface area contributed by atoms with Crippen LogP contribution in [-0.4, -0.2) is 13.0 Å². The van der Waals surface area contributed by atoms with Crippen molar-refractivity contribution in [2.45, 2.75) is 6.42 Å². The number of carbonyl (C=O) groups excluding carboxylic acids is 1. The zero-order valence-corrected chi connectivity index (χ0v) is 13.5. The summed E-state index contributed by atoms with van der Waals surface area (Å²) in [6.07, 6.45) is 0.164. The second-order valence-corrected chi connectivity index (χ2v) is 5.58. The van der Waals surface area contributed by atoms with Gasteiger partial charge in [0.15, 0.2) is 0 Å². The molecule has 2 aromatic rings. The van der Waals surface area contributed by atoms with Crippen LogP contribution in [0.5, 0.6) is 5.75 Å². The number of anilines is 1.